The van der Waals surface area contributed by atoms with E-state index in [1.807, 2.05) is 32.0 Å². The van der Waals surface area contributed by atoms with Crippen LogP contribution in [0.1, 0.15) is 25.8 Å². The van der Waals surface area contributed by atoms with Gasteiger partial charge < -0.3 is 15.8 Å². The summed E-state index contributed by atoms with van der Waals surface area (Å²) in [6.07, 6.45) is 1.76. The number of hydrogen-bond donors (Lipinski definition) is 2. The van der Waals surface area contributed by atoms with Gasteiger partial charge in [0.25, 0.3) is 0 Å². The summed E-state index contributed by atoms with van der Waals surface area (Å²) in [6.45, 7) is 4.54. The number of carbonyl (C=O) groups is 1. The molecule has 1 aromatic carbocycles. The van der Waals surface area contributed by atoms with Gasteiger partial charge in [-0.15, -0.1) is 0 Å². The van der Waals surface area contributed by atoms with Crippen molar-refractivity contribution in [3.05, 3.63) is 29.8 Å². The molecule has 1 aliphatic heterocycles. The van der Waals surface area contributed by atoms with Gasteiger partial charge in [0.2, 0.25) is 5.91 Å². The van der Waals surface area contributed by atoms with Gasteiger partial charge in [-0.25, -0.2) is 0 Å². The van der Waals surface area contributed by atoms with Crippen LogP contribution in [-0.4, -0.2) is 24.6 Å². The first-order valence-corrected chi connectivity index (χ1v) is 6.89. The van der Waals surface area contributed by atoms with Gasteiger partial charge in [0.1, 0.15) is 11.9 Å². The van der Waals surface area contributed by atoms with Gasteiger partial charge in [0.15, 0.2) is 0 Å². The van der Waals surface area contributed by atoms with Crippen LogP contribution in [-0.2, 0) is 11.2 Å². The van der Waals surface area contributed by atoms with Gasteiger partial charge in [-0.2, -0.15) is 0 Å². The van der Waals surface area contributed by atoms with E-state index in [1.54, 1.807) is 0 Å². The Kier molecular flexibility index (Phi) is 4.43. The zero-order chi connectivity index (χ0) is 13.8. The minimum Gasteiger partial charge on any atom is -0.488 e. The summed E-state index contributed by atoms with van der Waals surface area (Å²) in [7, 11) is 0. The van der Waals surface area contributed by atoms with E-state index in [9.17, 15) is 4.79 Å². The van der Waals surface area contributed by atoms with Crippen LogP contribution in [0, 0.1) is 5.92 Å². The molecule has 1 heterocycles. The van der Waals surface area contributed by atoms with Crippen molar-refractivity contribution >= 4 is 5.91 Å². The van der Waals surface area contributed by atoms with Crippen LogP contribution in [0.2, 0.25) is 0 Å². The average molecular weight is 262 g/mol. The van der Waals surface area contributed by atoms with E-state index in [4.69, 9.17) is 10.5 Å². The van der Waals surface area contributed by atoms with Crippen LogP contribution in [0.3, 0.4) is 0 Å². The predicted octanol–water partition coefficient (Wildman–Crippen LogP) is 1.48. The number of carbonyl (C=O) groups excluding carboxylic acids is 1. The molecule has 1 amide bonds. The van der Waals surface area contributed by atoms with E-state index >= 15 is 0 Å². The van der Waals surface area contributed by atoms with E-state index in [0.29, 0.717) is 6.54 Å². The average Bonchev–Trinajstić information content (AvgIpc) is 2.85. The van der Waals surface area contributed by atoms with Gasteiger partial charge in [-0.05, 0) is 17.5 Å². The summed E-state index contributed by atoms with van der Waals surface area (Å²) in [5, 5.41) is 2.89. The molecule has 1 aliphatic rings. The third-order valence-corrected chi connectivity index (χ3v) is 3.78. The van der Waals surface area contributed by atoms with E-state index in [-0.39, 0.29) is 17.9 Å². The normalized spacial score (nSPS) is 20.3. The number of rotatable bonds is 5. The Morgan fingerprint density at radius 2 is 2.26 bits per heavy atom. The highest BCUT2D eigenvalue weighted by Crippen LogP contribution is 2.27. The van der Waals surface area contributed by atoms with Crippen molar-refractivity contribution in [1.82, 2.24) is 5.32 Å². The van der Waals surface area contributed by atoms with Gasteiger partial charge in [0, 0.05) is 6.42 Å². The summed E-state index contributed by atoms with van der Waals surface area (Å²) in [5.41, 5.74) is 7.09. The SMILES string of the molecule is CCC(C)C(N)C(=O)NCC1Cc2ccccc2O1. The fraction of sp³-hybridized carbons (Fsp3) is 0.533. The summed E-state index contributed by atoms with van der Waals surface area (Å²) >= 11 is 0. The molecule has 3 N–H and O–H groups in total. The molecule has 0 fully saturated rings. The van der Waals surface area contributed by atoms with Crippen molar-refractivity contribution in [2.24, 2.45) is 11.7 Å². The Morgan fingerprint density at radius 3 is 2.95 bits per heavy atom. The van der Waals surface area contributed by atoms with Crippen LogP contribution < -0.4 is 15.8 Å². The minimum atomic E-state index is -0.436. The molecule has 4 heteroatoms. The monoisotopic (exact) mass is 262 g/mol. The molecule has 0 aromatic heterocycles. The minimum absolute atomic E-state index is 0.0190. The second-order valence-electron chi connectivity index (χ2n) is 5.21. The lowest BCUT2D eigenvalue weighted by Gasteiger charge is -2.19. The first-order valence-electron chi connectivity index (χ1n) is 6.89. The third-order valence-electron chi connectivity index (χ3n) is 3.78. The zero-order valence-corrected chi connectivity index (χ0v) is 11.6. The molecular formula is C15H22N2O2. The summed E-state index contributed by atoms with van der Waals surface area (Å²) < 4.78 is 5.77. The molecule has 0 spiro atoms. The maximum Gasteiger partial charge on any atom is 0.237 e. The molecule has 2 rings (SSSR count). The lowest BCUT2D eigenvalue weighted by molar-refractivity contribution is -0.123. The first kappa shape index (κ1) is 13.9. The number of fused-ring (bicyclic) bond motifs is 1. The first-order chi connectivity index (χ1) is 9.11. The van der Waals surface area contributed by atoms with Crippen LogP contribution in [0.15, 0.2) is 24.3 Å². The highest BCUT2D eigenvalue weighted by molar-refractivity contribution is 5.81. The van der Waals surface area contributed by atoms with Crippen LogP contribution in [0.4, 0.5) is 0 Å². The number of ether oxygens (including phenoxy) is 1. The number of benzene rings is 1. The third kappa shape index (κ3) is 3.26. The molecule has 3 atom stereocenters. The molecule has 0 saturated carbocycles. The Balaban J connectivity index is 1.80. The molecule has 4 nitrogen and oxygen atoms in total. The van der Waals surface area contributed by atoms with Crippen molar-refractivity contribution in [2.45, 2.75) is 38.8 Å². The largest absolute Gasteiger partial charge is 0.488 e. The maximum atomic E-state index is 11.9. The number of nitrogens with one attached hydrogen (secondary N) is 1. The fourth-order valence-electron chi connectivity index (χ4n) is 2.21. The molecule has 0 bridgehead atoms. The van der Waals surface area contributed by atoms with E-state index in [2.05, 4.69) is 11.4 Å². The van der Waals surface area contributed by atoms with E-state index in [0.717, 1.165) is 18.6 Å². The number of para-hydroxylation sites is 1. The quantitative estimate of drug-likeness (QED) is 0.845. The number of hydrogen-bond acceptors (Lipinski definition) is 3. The van der Waals surface area contributed by atoms with Crippen molar-refractivity contribution in [1.29, 1.82) is 0 Å². The molecule has 3 unspecified atom stereocenters. The highest BCUT2D eigenvalue weighted by atomic mass is 16.5. The van der Waals surface area contributed by atoms with Crippen molar-refractivity contribution in [3.8, 4) is 5.75 Å². The van der Waals surface area contributed by atoms with E-state index in [1.165, 1.54) is 5.56 Å². The molecule has 1 aromatic rings. The topological polar surface area (TPSA) is 64.4 Å². The lowest BCUT2D eigenvalue weighted by atomic mass is 9.99. The van der Waals surface area contributed by atoms with Gasteiger partial charge in [-0.3, -0.25) is 4.79 Å². The number of amides is 1. The van der Waals surface area contributed by atoms with E-state index < -0.39 is 6.04 Å². The van der Waals surface area contributed by atoms with Gasteiger partial charge >= 0.3 is 0 Å². The molecular weight excluding hydrogens is 240 g/mol. The summed E-state index contributed by atoms with van der Waals surface area (Å²) in [5.74, 6) is 1.03. The standard InChI is InChI=1S/C15H22N2O2/c1-3-10(2)14(16)15(18)17-9-12-8-11-6-4-5-7-13(11)19-12/h4-7,10,12,14H,3,8-9,16H2,1-2H3,(H,17,18). The predicted molar refractivity (Wildman–Crippen MR) is 75.0 cm³/mol. The Labute approximate surface area is 114 Å². The molecule has 0 radical (unpaired) electrons. The van der Waals surface area contributed by atoms with Crippen molar-refractivity contribution in [3.63, 3.8) is 0 Å². The van der Waals surface area contributed by atoms with Crippen molar-refractivity contribution in [2.75, 3.05) is 6.54 Å². The summed E-state index contributed by atoms with van der Waals surface area (Å²) in [6, 6.07) is 7.54. The van der Waals surface area contributed by atoms with Crippen molar-refractivity contribution < 1.29 is 9.53 Å². The lowest BCUT2D eigenvalue weighted by Crippen LogP contribution is -2.47. The van der Waals surface area contributed by atoms with Crippen LogP contribution in [0.25, 0.3) is 0 Å². The Bertz CT molecular complexity index is 423. The molecule has 0 saturated heterocycles. The van der Waals surface area contributed by atoms with Gasteiger partial charge in [-0.1, -0.05) is 38.5 Å². The highest BCUT2D eigenvalue weighted by Gasteiger charge is 2.24. The second kappa shape index (κ2) is 6.06. The second-order valence-corrected chi connectivity index (χ2v) is 5.21. The fourth-order valence-corrected chi connectivity index (χ4v) is 2.21. The molecule has 104 valence electrons. The smallest absolute Gasteiger partial charge is 0.237 e. The van der Waals surface area contributed by atoms with Crippen LogP contribution in [0.5, 0.6) is 5.75 Å². The maximum absolute atomic E-state index is 11.9. The van der Waals surface area contributed by atoms with Gasteiger partial charge in [0.05, 0.1) is 12.6 Å². The zero-order valence-electron chi connectivity index (χ0n) is 11.6. The summed E-state index contributed by atoms with van der Waals surface area (Å²) in [4.78, 5) is 11.9. The van der Waals surface area contributed by atoms with Crippen LogP contribution >= 0.6 is 0 Å². The Morgan fingerprint density at radius 1 is 1.53 bits per heavy atom. The number of nitrogens with two attached hydrogens (primary N) is 1. The Hall–Kier alpha value is -1.55. The molecule has 0 aliphatic carbocycles. The molecule has 19 heavy (non-hydrogen) atoms.